The summed E-state index contributed by atoms with van der Waals surface area (Å²) in [4.78, 5) is 37.2. The van der Waals surface area contributed by atoms with Gasteiger partial charge in [0.15, 0.2) is 5.82 Å². The Bertz CT molecular complexity index is 805. The lowest BCUT2D eigenvalue weighted by Crippen LogP contribution is -2.43. The fraction of sp³-hybridized carbons (Fsp3) is 0.778. The zero-order valence-electron chi connectivity index (χ0n) is 17.9. The number of nitrogens with zero attached hydrogens (tertiary/aromatic N) is 4. The molecule has 2 heterocycles. The first kappa shape index (κ1) is 24.9. The van der Waals surface area contributed by atoms with Crippen LogP contribution in [0.3, 0.4) is 0 Å². The van der Waals surface area contributed by atoms with E-state index in [2.05, 4.69) is 0 Å². The van der Waals surface area contributed by atoms with Crippen LogP contribution in [0.5, 0.6) is 0 Å². The summed E-state index contributed by atoms with van der Waals surface area (Å²) < 4.78 is 29.1. The molecule has 1 saturated heterocycles. The van der Waals surface area contributed by atoms with Crippen LogP contribution in [0.15, 0.2) is 9.59 Å². The van der Waals surface area contributed by atoms with Gasteiger partial charge in [0.05, 0.1) is 71.0 Å². The standard InChI is InChI=1S/C18H30N4O9/c1-19-16(15(22(25)26)17(23)20(2)18(19)24)21-3-5-27-7-9-29-11-13-31-14-12-30-10-8-28-6-4-21/h3-14H2,1-2H3. The Labute approximate surface area is 179 Å². The molecule has 0 radical (unpaired) electrons. The summed E-state index contributed by atoms with van der Waals surface area (Å²) in [5.74, 6) is -0.0793. The summed E-state index contributed by atoms with van der Waals surface area (Å²) >= 11 is 0. The molecule has 0 aliphatic carbocycles. The first-order valence-corrected chi connectivity index (χ1v) is 10.0. The van der Waals surface area contributed by atoms with E-state index in [0.717, 1.165) is 9.13 Å². The van der Waals surface area contributed by atoms with E-state index >= 15 is 0 Å². The molecule has 13 heteroatoms. The SMILES string of the molecule is Cn1c(N2CCOCCOCCOCCOCCOCC2)c([N+](=O)[O-])c(=O)n(C)c1=O. The maximum Gasteiger partial charge on any atom is 0.374 e. The van der Waals surface area contributed by atoms with Crippen LogP contribution in [0, 0.1) is 10.1 Å². The second-order valence-corrected chi connectivity index (χ2v) is 6.68. The highest BCUT2D eigenvalue weighted by molar-refractivity contribution is 5.57. The van der Waals surface area contributed by atoms with Gasteiger partial charge in [0.1, 0.15) is 0 Å². The summed E-state index contributed by atoms with van der Waals surface area (Å²) in [6.07, 6.45) is 0. The third-order valence-electron chi connectivity index (χ3n) is 4.59. The molecule has 0 saturated carbocycles. The van der Waals surface area contributed by atoms with Crippen molar-refractivity contribution in [3.8, 4) is 0 Å². The van der Waals surface area contributed by atoms with Crippen molar-refractivity contribution in [2.75, 3.05) is 84.1 Å². The third-order valence-corrected chi connectivity index (χ3v) is 4.59. The van der Waals surface area contributed by atoms with E-state index in [9.17, 15) is 19.7 Å². The van der Waals surface area contributed by atoms with Crippen LogP contribution >= 0.6 is 0 Å². The normalized spacial score (nSPS) is 18.8. The van der Waals surface area contributed by atoms with Gasteiger partial charge >= 0.3 is 16.9 Å². The van der Waals surface area contributed by atoms with Gasteiger partial charge < -0.3 is 28.6 Å². The second-order valence-electron chi connectivity index (χ2n) is 6.68. The van der Waals surface area contributed by atoms with Gasteiger partial charge in [0, 0.05) is 27.2 Å². The lowest BCUT2D eigenvalue weighted by Gasteiger charge is -2.26. The number of hydrogen-bond donors (Lipinski definition) is 0. The monoisotopic (exact) mass is 446 g/mol. The largest absolute Gasteiger partial charge is 0.377 e. The lowest BCUT2D eigenvalue weighted by atomic mass is 10.3. The molecule has 1 fully saturated rings. The molecule has 1 aliphatic rings. The van der Waals surface area contributed by atoms with Crippen LogP contribution in [0.25, 0.3) is 0 Å². The average Bonchev–Trinajstić information content (AvgIpc) is 2.74. The van der Waals surface area contributed by atoms with E-state index in [4.69, 9.17) is 23.7 Å². The molecule has 0 spiro atoms. The first-order valence-electron chi connectivity index (χ1n) is 10.0. The topological polar surface area (TPSA) is 137 Å². The molecular formula is C18H30N4O9. The Kier molecular flexibility index (Phi) is 10.6. The molecule has 0 aromatic carbocycles. The summed E-state index contributed by atoms with van der Waals surface area (Å²) in [5, 5.41) is 11.6. The first-order chi connectivity index (χ1) is 14.9. The van der Waals surface area contributed by atoms with Crippen molar-refractivity contribution in [2.24, 2.45) is 14.1 Å². The summed E-state index contributed by atoms with van der Waals surface area (Å²) in [7, 11) is 2.60. The van der Waals surface area contributed by atoms with Gasteiger partial charge in [0.2, 0.25) is 0 Å². The number of ether oxygens (including phenoxy) is 5. The molecule has 0 unspecified atom stereocenters. The van der Waals surface area contributed by atoms with Crippen LogP contribution in [0.1, 0.15) is 0 Å². The molecule has 2 rings (SSSR count). The molecule has 1 aromatic rings. The fourth-order valence-corrected chi connectivity index (χ4v) is 2.99. The smallest absolute Gasteiger partial charge is 0.374 e. The molecule has 176 valence electrons. The summed E-state index contributed by atoms with van der Waals surface area (Å²) in [6.45, 7) is 4.00. The highest BCUT2D eigenvalue weighted by Gasteiger charge is 2.29. The van der Waals surface area contributed by atoms with Crippen molar-refractivity contribution >= 4 is 11.5 Å². The third kappa shape index (κ3) is 7.40. The maximum absolute atomic E-state index is 12.4. The number of rotatable bonds is 2. The Hall–Kier alpha value is -2.32. The van der Waals surface area contributed by atoms with Gasteiger partial charge in [-0.3, -0.25) is 24.0 Å². The molecule has 0 atom stereocenters. The van der Waals surface area contributed by atoms with Crippen molar-refractivity contribution < 1.29 is 28.6 Å². The lowest BCUT2D eigenvalue weighted by molar-refractivity contribution is -0.386. The number of nitro groups is 1. The summed E-state index contributed by atoms with van der Waals surface area (Å²) in [6, 6.07) is 0. The van der Waals surface area contributed by atoms with Gasteiger partial charge in [-0.15, -0.1) is 0 Å². The van der Waals surface area contributed by atoms with Crippen LogP contribution in [0.2, 0.25) is 0 Å². The van der Waals surface area contributed by atoms with E-state index in [0.29, 0.717) is 52.9 Å². The minimum atomic E-state index is -0.964. The highest BCUT2D eigenvalue weighted by atomic mass is 16.6. The predicted octanol–water partition coefficient (Wildman–Crippen LogP) is -1.10. The molecule has 1 aliphatic heterocycles. The summed E-state index contributed by atoms with van der Waals surface area (Å²) in [5.41, 5.74) is -2.29. The minimum absolute atomic E-state index is 0.0793. The minimum Gasteiger partial charge on any atom is -0.377 e. The van der Waals surface area contributed by atoms with Crippen molar-refractivity contribution in [1.82, 2.24) is 9.13 Å². The molecule has 0 bridgehead atoms. The van der Waals surface area contributed by atoms with E-state index in [1.807, 2.05) is 0 Å². The maximum atomic E-state index is 12.4. The molecule has 13 nitrogen and oxygen atoms in total. The van der Waals surface area contributed by atoms with E-state index in [1.165, 1.54) is 14.1 Å². The Morgan fingerprint density at radius 1 is 0.710 bits per heavy atom. The number of anilines is 1. The Morgan fingerprint density at radius 3 is 1.48 bits per heavy atom. The van der Waals surface area contributed by atoms with Crippen molar-refractivity contribution in [1.29, 1.82) is 0 Å². The van der Waals surface area contributed by atoms with Crippen LogP contribution in [-0.4, -0.2) is 93.2 Å². The van der Waals surface area contributed by atoms with Gasteiger partial charge in [-0.05, 0) is 0 Å². The molecular weight excluding hydrogens is 416 g/mol. The zero-order valence-corrected chi connectivity index (χ0v) is 17.9. The van der Waals surface area contributed by atoms with E-state index < -0.39 is 21.9 Å². The van der Waals surface area contributed by atoms with Crippen molar-refractivity contribution in [3.63, 3.8) is 0 Å². The van der Waals surface area contributed by atoms with Gasteiger partial charge in [0.25, 0.3) is 0 Å². The number of aromatic nitrogens is 2. The van der Waals surface area contributed by atoms with Crippen molar-refractivity contribution in [2.45, 2.75) is 0 Å². The van der Waals surface area contributed by atoms with Crippen LogP contribution in [-0.2, 0) is 37.8 Å². The molecule has 1 aromatic heterocycles. The molecule has 0 N–H and O–H groups in total. The van der Waals surface area contributed by atoms with Gasteiger partial charge in [-0.25, -0.2) is 4.79 Å². The predicted molar refractivity (Wildman–Crippen MR) is 110 cm³/mol. The van der Waals surface area contributed by atoms with Crippen LogP contribution < -0.4 is 16.1 Å². The highest BCUT2D eigenvalue weighted by Crippen LogP contribution is 2.22. The quantitative estimate of drug-likeness (QED) is 0.406. The van der Waals surface area contributed by atoms with E-state index in [1.54, 1.807) is 4.90 Å². The fourth-order valence-electron chi connectivity index (χ4n) is 2.99. The molecule has 0 amide bonds. The van der Waals surface area contributed by atoms with E-state index in [-0.39, 0.29) is 32.1 Å². The molecule has 31 heavy (non-hydrogen) atoms. The van der Waals surface area contributed by atoms with Gasteiger partial charge in [-0.2, -0.15) is 0 Å². The second kappa shape index (κ2) is 13.2. The van der Waals surface area contributed by atoms with Crippen LogP contribution in [0.4, 0.5) is 11.5 Å². The zero-order chi connectivity index (χ0) is 22.6. The average molecular weight is 446 g/mol. The van der Waals surface area contributed by atoms with Gasteiger partial charge in [-0.1, -0.05) is 0 Å². The Morgan fingerprint density at radius 2 is 1.10 bits per heavy atom. The van der Waals surface area contributed by atoms with Crippen molar-refractivity contribution in [3.05, 3.63) is 31.0 Å². The number of hydrogen-bond acceptors (Lipinski definition) is 10. The Balaban J connectivity index is 2.19.